The predicted molar refractivity (Wildman–Crippen MR) is 113 cm³/mol. The first-order valence-corrected chi connectivity index (χ1v) is 10.8. The standard InChI is InChI=1S/C22H19F3N2O4S/c1-27(15-16-7-3-2-4-8-16)21(28)19-9-5-6-10-20(19)26-32(29,30)18-13-11-17(12-14-18)31-22(23,24)25/h2-14,26H,15H2,1H3. The normalized spacial score (nSPS) is 11.6. The molecule has 32 heavy (non-hydrogen) atoms. The summed E-state index contributed by atoms with van der Waals surface area (Å²) in [6.07, 6.45) is -4.89. The van der Waals surface area contributed by atoms with Gasteiger partial charge >= 0.3 is 6.36 Å². The second-order valence-corrected chi connectivity index (χ2v) is 8.50. The van der Waals surface area contributed by atoms with Crippen LogP contribution in [0.2, 0.25) is 0 Å². The molecule has 0 aliphatic carbocycles. The number of carbonyl (C=O) groups is 1. The molecule has 0 heterocycles. The Morgan fingerprint density at radius 2 is 1.53 bits per heavy atom. The van der Waals surface area contributed by atoms with Crippen molar-refractivity contribution in [3.05, 3.63) is 90.0 Å². The molecule has 3 aromatic rings. The number of benzene rings is 3. The molecule has 0 saturated carbocycles. The molecule has 0 radical (unpaired) electrons. The maximum atomic E-state index is 12.9. The molecule has 0 unspecified atom stereocenters. The van der Waals surface area contributed by atoms with Crippen LogP contribution in [-0.4, -0.2) is 32.6 Å². The molecule has 0 saturated heterocycles. The topological polar surface area (TPSA) is 75.7 Å². The Kier molecular flexibility index (Phi) is 6.73. The minimum Gasteiger partial charge on any atom is -0.406 e. The minimum atomic E-state index is -4.89. The van der Waals surface area contributed by atoms with Gasteiger partial charge < -0.3 is 9.64 Å². The van der Waals surface area contributed by atoms with Gasteiger partial charge in [0.25, 0.3) is 15.9 Å². The summed E-state index contributed by atoms with van der Waals surface area (Å²) in [5, 5.41) is 0. The van der Waals surface area contributed by atoms with E-state index in [0.29, 0.717) is 6.54 Å². The highest BCUT2D eigenvalue weighted by molar-refractivity contribution is 7.92. The molecule has 3 aromatic carbocycles. The second-order valence-electron chi connectivity index (χ2n) is 6.82. The van der Waals surface area contributed by atoms with Crippen molar-refractivity contribution < 1.29 is 31.1 Å². The first kappa shape index (κ1) is 23.1. The smallest absolute Gasteiger partial charge is 0.406 e. The van der Waals surface area contributed by atoms with Crippen LogP contribution in [0.4, 0.5) is 18.9 Å². The van der Waals surface area contributed by atoms with Crippen molar-refractivity contribution >= 4 is 21.6 Å². The van der Waals surface area contributed by atoms with Crippen molar-refractivity contribution in [2.24, 2.45) is 0 Å². The number of carbonyl (C=O) groups excluding carboxylic acids is 1. The molecule has 168 valence electrons. The van der Waals surface area contributed by atoms with Gasteiger partial charge in [-0.2, -0.15) is 0 Å². The van der Waals surface area contributed by atoms with Gasteiger partial charge in [0.05, 0.1) is 16.1 Å². The third-order valence-corrected chi connectivity index (χ3v) is 5.76. The van der Waals surface area contributed by atoms with Gasteiger partial charge in [0.15, 0.2) is 0 Å². The molecule has 0 atom stereocenters. The number of alkyl halides is 3. The number of anilines is 1. The fraction of sp³-hybridized carbons (Fsp3) is 0.136. The fourth-order valence-corrected chi connectivity index (χ4v) is 4.00. The number of sulfonamides is 1. The molecule has 0 aliphatic heterocycles. The Labute approximate surface area is 183 Å². The highest BCUT2D eigenvalue weighted by atomic mass is 32.2. The predicted octanol–water partition coefficient (Wildman–Crippen LogP) is 4.66. The van der Waals surface area contributed by atoms with Crippen LogP contribution in [0.5, 0.6) is 5.75 Å². The van der Waals surface area contributed by atoms with Crippen LogP contribution in [0, 0.1) is 0 Å². The number of nitrogens with one attached hydrogen (secondary N) is 1. The lowest BCUT2D eigenvalue weighted by Gasteiger charge is -2.20. The molecule has 0 bridgehead atoms. The fourth-order valence-electron chi connectivity index (χ4n) is 2.92. The van der Waals surface area contributed by atoms with E-state index < -0.39 is 28.0 Å². The van der Waals surface area contributed by atoms with Crippen molar-refractivity contribution in [3.63, 3.8) is 0 Å². The molecule has 0 aliphatic rings. The van der Waals surface area contributed by atoms with E-state index in [2.05, 4.69) is 9.46 Å². The zero-order valence-electron chi connectivity index (χ0n) is 16.8. The average Bonchev–Trinajstić information content (AvgIpc) is 2.73. The third kappa shape index (κ3) is 6.01. The van der Waals surface area contributed by atoms with Gasteiger partial charge in [0.2, 0.25) is 0 Å². The van der Waals surface area contributed by atoms with Crippen LogP contribution in [0.25, 0.3) is 0 Å². The number of hydrogen-bond acceptors (Lipinski definition) is 4. The molecule has 0 aromatic heterocycles. The summed E-state index contributed by atoms with van der Waals surface area (Å²) in [4.78, 5) is 14.1. The van der Waals surface area contributed by atoms with Crippen LogP contribution in [0.1, 0.15) is 15.9 Å². The van der Waals surface area contributed by atoms with E-state index in [1.54, 1.807) is 19.2 Å². The summed E-state index contributed by atoms with van der Waals surface area (Å²) in [6.45, 7) is 0.321. The van der Waals surface area contributed by atoms with Gasteiger partial charge in [-0.25, -0.2) is 8.42 Å². The SMILES string of the molecule is CN(Cc1ccccc1)C(=O)c1ccccc1NS(=O)(=O)c1ccc(OC(F)(F)F)cc1. The van der Waals surface area contributed by atoms with Crippen molar-refractivity contribution in [3.8, 4) is 5.75 Å². The molecular formula is C22H19F3N2O4S. The van der Waals surface area contributed by atoms with Gasteiger partial charge in [-0.1, -0.05) is 42.5 Å². The summed E-state index contributed by atoms with van der Waals surface area (Å²) in [7, 11) is -2.57. The van der Waals surface area contributed by atoms with Gasteiger partial charge in [-0.3, -0.25) is 9.52 Å². The van der Waals surface area contributed by atoms with Gasteiger partial charge in [0.1, 0.15) is 5.75 Å². The minimum absolute atomic E-state index is 0.0491. The van der Waals surface area contributed by atoms with Crippen molar-refractivity contribution in [1.29, 1.82) is 0 Å². The summed E-state index contributed by atoms with van der Waals surface area (Å²) < 4.78 is 68.4. The number of para-hydroxylation sites is 1. The van der Waals surface area contributed by atoms with E-state index in [-0.39, 0.29) is 16.1 Å². The zero-order chi connectivity index (χ0) is 23.4. The molecule has 10 heteroatoms. The molecule has 1 N–H and O–H groups in total. The lowest BCUT2D eigenvalue weighted by Crippen LogP contribution is -2.27. The van der Waals surface area contributed by atoms with E-state index >= 15 is 0 Å². The maximum absolute atomic E-state index is 12.9. The monoisotopic (exact) mass is 464 g/mol. The van der Waals surface area contributed by atoms with Crippen LogP contribution in [-0.2, 0) is 16.6 Å². The van der Waals surface area contributed by atoms with E-state index in [1.165, 1.54) is 17.0 Å². The lowest BCUT2D eigenvalue weighted by molar-refractivity contribution is -0.274. The molecule has 1 amide bonds. The van der Waals surface area contributed by atoms with Crippen LogP contribution >= 0.6 is 0 Å². The van der Waals surface area contributed by atoms with E-state index in [4.69, 9.17) is 0 Å². The van der Waals surface area contributed by atoms with Gasteiger partial charge in [-0.05, 0) is 42.0 Å². The van der Waals surface area contributed by atoms with E-state index in [0.717, 1.165) is 29.8 Å². The first-order valence-electron chi connectivity index (χ1n) is 9.32. The van der Waals surface area contributed by atoms with E-state index in [9.17, 15) is 26.4 Å². The Balaban J connectivity index is 1.80. The Bertz CT molecular complexity index is 1180. The molecule has 6 nitrogen and oxygen atoms in total. The van der Waals surface area contributed by atoms with E-state index in [1.807, 2.05) is 30.3 Å². The number of amides is 1. The Morgan fingerprint density at radius 3 is 2.16 bits per heavy atom. The second kappa shape index (κ2) is 9.31. The number of halogens is 3. The number of rotatable bonds is 7. The van der Waals surface area contributed by atoms with Crippen molar-refractivity contribution in [1.82, 2.24) is 4.90 Å². The van der Waals surface area contributed by atoms with Crippen LogP contribution in [0.15, 0.2) is 83.8 Å². The molecule has 0 fully saturated rings. The summed E-state index contributed by atoms with van der Waals surface area (Å²) >= 11 is 0. The third-order valence-electron chi connectivity index (χ3n) is 4.38. The lowest BCUT2D eigenvalue weighted by atomic mass is 10.1. The number of hydrogen-bond donors (Lipinski definition) is 1. The number of nitrogens with zero attached hydrogens (tertiary/aromatic N) is 1. The van der Waals surface area contributed by atoms with Crippen LogP contribution in [0.3, 0.4) is 0 Å². The Hall–Kier alpha value is -3.53. The highest BCUT2D eigenvalue weighted by Gasteiger charge is 2.31. The average molecular weight is 464 g/mol. The summed E-state index contributed by atoms with van der Waals surface area (Å²) in [6, 6.07) is 19.1. The maximum Gasteiger partial charge on any atom is 0.573 e. The van der Waals surface area contributed by atoms with Crippen molar-refractivity contribution in [2.45, 2.75) is 17.8 Å². The van der Waals surface area contributed by atoms with Crippen molar-refractivity contribution in [2.75, 3.05) is 11.8 Å². The molecule has 3 rings (SSSR count). The molecular weight excluding hydrogens is 445 g/mol. The molecule has 0 spiro atoms. The number of ether oxygens (including phenoxy) is 1. The first-order chi connectivity index (χ1) is 15.0. The highest BCUT2D eigenvalue weighted by Crippen LogP contribution is 2.26. The summed E-state index contributed by atoms with van der Waals surface area (Å²) in [5.41, 5.74) is 1.09. The Morgan fingerprint density at radius 1 is 0.938 bits per heavy atom. The van der Waals surface area contributed by atoms with Gasteiger partial charge in [-0.15, -0.1) is 13.2 Å². The zero-order valence-corrected chi connectivity index (χ0v) is 17.7. The van der Waals surface area contributed by atoms with Gasteiger partial charge in [0, 0.05) is 13.6 Å². The van der Waals surface area contributed by atoms with Crippen LogP contribution < -0.4 is 9.46 Å². The quantitative estimate of drug-likeness (QED) is 0.552. The largest absolute Gasteiger partial charge is 0.573 e. The summed E-state index contributed by atoms with van der Waals surface area (Å²) in [5.74, 6) is -0.948.